The molecule has 0 fully saturated rings. The van der Waals surface area contributed by atoms with Crippen molar-refractivity contribution in [2.45, 2.75) is 39.8 Å². The average Bonchev–Trinajstić information content (AvgIpc) is 2.27. The predicted molar refractivity (Wildman–Crippen MR) is 67.2 cm³/mol. The molecule has 1 atom stereocenters. The first-order valence-corrected chi connectivity index (χ1v) is 5.79. The molecule has 0 saturated carbocycles. The van der Waals surface area contributed by atoms with Crippen LogP contribution in [0.3, 0.4) is 0 Å². The van der Waals surface area contributed by atoms with Gasteiger partial charge in [0.25, 0.3) is 0 Å². The summed E-state index contributed by atoms with van der Waals surface area (Å²) in [4.78, 5) is 10.8. The van der Waals surface area contributed by atoms with Gasteiger partial charge in [-0.1, -0.05) is 13.8 Å². The van der Waals surface area contributed by atoms with E-state index < -0.39 is 0 Å². The Bertz CT molecular complexity index is 325. The molecule has 0 bridgehead atoms. The fourth-order valence-electron chi connectivity index (χ4n) is 1.85. The molecule has 0 aromatic carbocycles. The van der Waals surface area contributed by atoms with Crippen molar-refractivity contribution >= 4 is 5.82 Å². The molecule has 1 rings (SSSR count). The molecule has 90 valence electrons. The van der Waals surface area contributed by atoms with Gasteiger partial charge in [0.05, 0.1) is 5.69 Å². The molecule has 0 aliphatic heterocycles. The number of anilines is 1. The summed E-state index contributed by atoms with van der Waals surface area (Å²) in [6, 6.07) is 0.446. The summed E-state index contributed by atoms with van der Waals surface area (Å²) in [6.45, 7) is 7.09. The van der Waals surface area contributed by atoms with E-state index in [4.69, 9.17) is 5.73 Å². The second-order valence-corrected chi connectivity index (χ2v) is 4.62. The fraction of sp³-hybridized carbons (Fsp3) is 0.667. The highest BCUT2D eigenvalue weighted by Crippen LogP contribution is 2.18. The Kier molecular flexibility index (Phi) is 4.68. The van der Waals surface area contributed by atoms with Crippen LogP contribution in [0.4, 0.5) is 5.82 Å². The number of nitrogens with zero attached hydrogens (tertiary/aromatic N) is 3. The highest BCUT2D eigenvalue weighted by molar-refractivity contribution is 5.42. The first kappa shape index (κ1) is 12.9. The molecule has 0 aliphatic rings. The lowest BCUT2D eigenvalue weighted by atomic mass is 10.0. The molecule has 16 heavy (non-hydrogen) atoms. The van der Waals surface area contributed by atoms with E-state index in [0.717, 1.165) is 17.9 Å². The molecule has 1 unspecified atom stereocenters. The Hall–Kier alpha value is -1.16. The minimum absolute atomic E-state index is 0.432. The van der Waals surface area contributed by atoms with Crippen molar-refractivity contribution < 1.29 is 0 Å². The normalized spacial score (nSPS) is 12.9. The SMILES string of the molecule is CC(C)CC(C)N(C)c1nccnc1CN. The third kappa shape index (κ3) is 3.17. The number of aromatic nitrogens is 2. The summed E-state index contributed by atoms with van der Waals surface area (Å²) in [6.07, 6.45) is 4.54. The van der Waals surface area contributed by atoms with Crippen molar-refractivity contribution in [1.29, 1.82) is 0 Å². The van der Waals surface area contributed by atoms with E-state index in [1.54, 1.807) is 12.4 Å². The third-order valence-electron chi connectivity index (χ3n) is 2.75. The first-order valence-electron chi connectivity index (χ1n) is 5.79. The van der Waals surface area contributed by atoms with Crippen molar-refractivity contribution in [1.82, 2.24) is 9.97 Å². The minimum Gasteiger partial charge on any atom is -0.355 e. The Morgan fingerprint density at radius 3 is 2.44 bits per heavy atom. The third-order valence-corrected chi connectivity index (χ3v) is 2.75. The summed E-state index contributed by atoms with van der Waals surface area (Å²) in [5.74, 6) is 1.58. The van der Waals surface area contributed by atoms with Gasteiger partial charge >= 0.3 is 0 Å². The highest BCUT2D eigenvalue weighted by atomic mass is 15.2. The van der Waals surface area contributed by atoms with E-state index in [-0.39, 0.29) is 0 Å². The Balaban J connectivity index is 2.82. The van der Waals surface area contributed by atoms with Crippen LogP contribution in [-0.2, 0) is 6.54 Å². The van der Waals surface area contributed by atoms with Gasteiger partial charge in [-0.2, -0.15) is 0 Å². The van der Waals surface area contributed by atoms with Crippen molar-refractivity contribution in [2.24, 2.45) is 11.7 Å². The van der Waals surface area contributed by atoms with Crippen LogP contribution >= 0.6 is 0 Å². The monoisotopic (exact) mass is 222 g/mol. The zero-order valence-electron chi connectivity index (χ0n) is 10.6. The van der Waals surface area contributed by atoms with Crippen molar-refractivity contribution in [3.63, 3.8) is 0 Å². The van der Waals surface area contributed by atoms with Gasteiger partial charge in [-0.05, 0) is 19.3 Å². The lowest BCUT2D eigenvalue weighted by molar-refractivity contribution is 0.501. The topological polar surface area (TPSA) is 55.0 Å². The van der Waals surface area contributed by atoms with Crippen LogP contribution < -0.4 is 10.6 Å². The molecule has 0 saturated heterocycles. The maximum absolute atomic E-state index is 5.66. The maximum Gasteiger partial charge on any atom is 0.151 e. The van der Waals surface area contributed by atoms with Gasteiger partial charge in [0.1, 0.15) is 0 Å². The largest absolute Gasteiger partial charge is 0.355 e. The summed E-state index contributed by atoms with van der Waals surface area (Å²) < 4.78 is 0. The summed E-state index contributed by atoms with van der Waals surface area (Å²) in [5, 5.41) is 0. The zero-order chi connectivity index (χ0) is 12.1. The molecule has 0 radical (unpaired) electrons. The number of nitrogens with two attached hydrogens (primary N) is 1. The second kappa shape index (κ2) is 5.80. The summed E-state index contributed by atoms with van der Waals surface area (Å²) in [5.41, 5.74) is 6.52. The molecule has 4 heteroatoms. The van der Waals surface area contributed by atoms with Crippen LogP contribution in [-0.4, -0.2) is 23.1 Å². The fourth-order valence-corrected chi connectivity index (χ4v) is 1.85. The van der Waals surface area contributed by atoms with E-state index in [1.807, 2.05) is 0 Å². The van der Waals surface area contributed by atoms with Crippen LogP contribution in [0.25, 0.3) is 0 Å². The molecule has 0 aliphatic carbocycles. The van der Waals surface area contributed by atoms with Crippen LogP contribution in [0.5, 0.6) is 0 Å². The smallest absolute Gasteiger partial charge is 0.151 e. The van der Waals surface area contributed by atoms with Crippen LogP contribution in [0.2, 0.25) is 0 Å². The highest BCUT2D eigenvalue weighted by Gasteiger charge is 2.15. The Morgan fingerprint density at radius 2 is 1.88 bits per heavy atom. The van der Waals surface area contributed by atoms with Gasteiger partial charge in [0.2, 0.25) is 0 Å². The lowest BCUT2D eigenvalue weighted by Crippen LogP contribution is -2.32. The van der Waals surface area contributed by atoms with Crippen LogP contribution in [0.15, 0.2) is 12.4 Å². The molecule has 1 aromatic rings. The number of hydrogen-bond donors (Lipinski definition) is 1. The first-order chi connectivity index (χ1) is 7.56. The minimum atomic E-state index is 0.432. The van der Waals surface area contributed by atoms with Gasteiger partial charge in [0, 0.05) is 32.0 Å². The molecular weight excluding hydrogens is 200 g/mol. The molecule has 0 amide bonds. The van der Waals surface area contributed by atoms with Crippen molar-refractivity contribution in [3.8, 4) is 0 Å². The van der Waals surface area contributed by atoms with E-state index >= 15 is 0 Å². The average molecular weight is 222 g/mol. The summed E-state index contributed by atoms with van der Waals surface area (Å²) in [7, 11) is 2.05. The number of rotatable bonds is 5. The molecule has 4 nitrogen and oxygen atoms in total. The van der Waals surface area contributed by atoms with Crippen molar-refractivity contribution in [3.05, 3.63) is 18.1 Å². The van der Waals surface area contributed by atoms with E-state index in [0.29, 0.717) is 18.5 Å². The molecule has 2 N–H and O–H groups in total. The van der Waals surface area contributed by atoms with Crippen LogP contribution in [0, 0.1) is 5.92 Å². The van der Waals surface area contributed by atoms with Gasteiger partial charge in [0.15, 0.2) is 5.82 Å². The second-order valence-electron chi connectivity index (χ2n) is 4.62. The van der Waals surface area contributed by atoms with E-state index in [9.17, 15) is 0 Å². The van der Waals surface area contributed by atoms with Crippen molar-refractivity contribution in [2.75, 3.05) is 11.9 Å². The maximum atomic E-state index is 5.66. The summed E-state index contributed by atoms with van der Waals surface area (Å²) >= 11 is 0. The van der Waals surface area contributed by atoms with Gasteiger partial charge in [-0.25, -0.2) is 4.98 Å². The standard InChI is InChI=1S/C12H22N4/c1-9(2)7-10(3)16(4)12-11(8-13)14-5-6-15-12/h5-6,9-10H,7-8,13H2,1-4H3. The quantitative estimate of drug-likeness (QED) is 0.825. The molecule has 1 aromatic heterocycles. The van der Waals surface area contributed by atoms with Crippen LogP contribution in [0.1, 0.15) is 32.9 Å². The molecule has 1 heterocycles. The predicted octanol–water partition coefficient (Wildman–Crippen LogP) is 1.81. The Morgan fingerprint density at radius 1 is 1.25 bits per heavy atom. The lowest BCUT2D eigenvalue weighted by Gasteiger charge is -2.28. The van der Waals surface area contributed by atoms with E-state index in [1.165, 1.54) is 0 Å². The van der Waals surface area contributed by atoms with Gasteiger partial charge in [-0.3, -0.25) is 4.98 Å². The van der Waals surface area contributed by atoms with E-state index in [2.05, 4.69) is 42.7 Å². The Labute approximate surface area is 97.9 Å². The molecular formula is C12H22N4. The molecule has 0 spiro atoms. The zero-order valence-corrected chi connectivity index (χ0v) is 10.6. The van der Waals surface area contributed by atoms with Gasteiger partial charge in [-0.15, -0.1) is 0 Å². The number of hydrogen-bond acceptors (Lipinski definition) is 4. The van der Waals surface area contributed by atoms with Gasteiger partial charge < -0.3 is 10.6 Å².